The Balaban J connectivity index is 1.46. The van der Waals surface area contributed by atoms with Crippen LogP contribution in [-0.2, 0) is 16.1 Å². The molecule has 2 N–H and O–H groups in total. The Labute approximate surface area is 211 Å². The van der Waals surface area contributed by atoms with E-state index in [1.807, 2.05) is 25.5 Å². The van der Waals surface area contributed by atoms with Gasteiger partial charge in [-0.25, -0.2) is 4.79 Å². The first-order valence-electron chi connectivity index (χ1n) is 12.0. The molecule has 11 nitrogen and oxygen atoms in total. The van der Waals surface area contributed by atoms with Gasteiger partial charge in [0.2, 0.25) is 5.91 Å². The molecule has 3 heterocycles. The van der Waals surface area contributed by atoms with E-state index in [4.69, 9.17) is 17.0 Å². The van der Waals surface area contributed by atoms with Gasteiger partial charge in [0.15, 0.2) is 5.11 Å². The zero-order valence-corrected chi connectivity index (χ0v) is 22.0. The summed E-state index contributed by atoms with van der Waals surface area (Å²) < 4.78 is 8.69. The van der Waals surface area contributed by atoms with E-state index in [-0.39, 0.29) is 12.0 Å². The SMILES string of the molecule is CCOC(=O)N1CCN(C(=O)C(C)n2cc(NC(=S)NCCCn3nc(C)cc3C)c(C)n2)CC1. The van der Waals surface area contributed by atoms with Gasteiger partial charge in [-0.1, -0.05) is 0 Å². The number of piperazine rings is 1. The number of ether oxygens (including phenoxy) is 1. The lowest BCUT2D eigenvalue weighted by atomic mass is 10.2. The molecule has 35 heavy (non-hydrogen) atoms. The second kappa shape index (κ2) is 12.0. The summed E-state index contributed by atoms with van der Waals surface area (Å²) in [6, 6.07) is 1.59. The topological polar surface area (TPSA) is 110 Å². The molecule has 1 aliphatic heterocycles. The maximum absolute atomic E-state index is 13.0. The third-order valence-electron chi connectivity index (χ3n) is 5.97. The van der Waals surface area contributed by atoms with Gasteiger partial charge < -0.3 is 25.2 Å². The van der Waals surface area contributed by atoms with E-state index in [2.05, 4.69) is 33.8 Å². The number of hydrogen-bond donors (Lipinski definition) is 2. The molecule has 1 saturated heterocycles. The van der Waals surface area contributed by atoms with Crippen LogP contribution in [0.4, 0.5) is 10.5 Å². The minimum Gasteiger partial charge on any atom is -0.450 e. The number of thiocarbonyl (C=S) groups is 1. The van der Waals surface area contributed by atoms with Crippen LogP contribution in [0, 0.1) is 20.8 Å². The summed E-state index contributed by atoms with van der Waals surface area (Å²) in [6.07, 6.45) is 2.36. The number of carbonyl (C=O) groups is 2. The third kappa shape index (κ3) is 6.93. The average molecular weight is 505 g/mol. The number of amides is 2. The Bertz CT molecular complexity index is 1040. The molecular weight excluding hydrogens is 468 g/mol. The van der Waals surface area contributed by atoms with Crippen molar-refractivity contribution in [1.29, 1.82) is 0 Å². The van der Waals surface area contributed by atoms with Crippen LogP contribution >= 0.6 is 12.2 Å². The van der Waals surface area contributed by atoms with Crippen molar-refractivity contribution in [1.82, 2.24) is 34.7 Å². The number of hydrogen-bond acceptors (Lipinski definition) is 6. The normalized spacial score (nSPS) is 14.5. The fourth-order valence-corrected chi connectivity index (χ4v) is 4.21. The fraction of sp³-hybridized carbons (Fsp3) is 0.609. The molecule has 2 amide bonds. The molecule has 0 radical (unpaired) electrons. The molecule has 0 aromatic carbocycles. The van der Waals surface area contributed by atoms with Crippen LogP contribution in [0.2, 0.25) is 0 Å². The van der Waals surface area contributed by atoms with Gasteiger partial charge >= 0.3 is 6.09 Å². The van der Waals surface area contributed by atoms with Crippen LogP contribution < -0.4 is 10.6 Å². The molecule has 0 spiro atoms. The standard InChI is InChI=1S/C23H36N8O3S/c1-6-34-23(33)29-12-10-28(11-13-29)21(32)19(5)31-15-20(18(4)27-31)25-22(35)24-8-7-9-30-17(3)14-16(2)26-30/h14-15,19H,6-13H2,1-5H3,(H2,24,25,35). The molecule has 1 aliphatic rings. The van der Waals surface area contributed by atoms with Crippen LogP contribution in [0.5, 0.6) is 0 Å². The second-order valence-corrected chi connectivity index (χ2v) is 9.09. The highest BCUT2D eigenvalue weighted by Gasteiger charge is 2.28. The Hall–Kier alpha value is -3.15. The lowest BCUT2D eigenvalue weighted by Crippen LogP contribution is -2.52. The third-order valence-corrected chi connectivity index (χ3v) is 6.22. The summed E-state index contributed by atoms with van der Waals surface area (Å²) in [5.41, 5.74) is 3.68. The minimum absolute atomic E-state index is 0.0348. The zero-order chi connectivity index (χ0) is 25.5. The highest BCUT2D eigenvalue weighted by molar-refractivity contribution is 7.80. The number of carbonyl (C=O) groups excluding carboxylic acids is 2. The fourth-order valence-electron chi connectivity index (χ4n) is 4.00. The largest absolute Gasteiger partial charge is 0.450 e. The van der Waals surface area contributed by atoms with Crippen molar-refractivity contribution in [3.63, 3.8) is 0 Å². The Morgan fingerprint density at radius 1 is 1.14 bits per heavy atom. The number of rotatable bonds is 8. The van der Waals surface area contributed by atoms with Gasteiger partial charge in [0, 0.05) is 51.2 Å². The molecule has 192 valence electrons. The van der Waals surface area contributed by atoms with Gasteiger partial charge in [0.05, 0.1) is 23.7 Å². The molecule has 2 aromatic heterocycles. The van der Waals surface area contributed by atoms with Crippen LogP contribution in [0.15, 0.2) is 12.3 Å². The van der Waals surface area contributed by atoms with Crippen molar-refractivity contribution in [3.8, 4) is 0 Å². The zero-order valence-electron chi connectivity index (χ0n) is 21.2. The van der Waals surface area contributed by atoms with E-state index >= 15 is 0 Å². The van der Waals surface area contributed by atoms with Crippen molar-refractivity contribution in [2.24, 2.45) is 0 Å². The quantitative estimate of drug-likeness (QED) is 0.416. The number of anilines is 1. The lowest BCUT2D eigenvalue weighted by molar-refractivity contribution is -0.136. The van der Waals surface area contributed by atoms with Gasteiger partial charge in [0.1, 0.15) is 6.04 Å². The van der Waals surface area contributed by atoms with E-state index in [0.29, 0.717) is 44.4 Å². The van der Waals surface area contributed by atoms with Crippen molar-refractivity contribution in [2.45, 2.75) is 53.6 Å². The highest BCUT2D eigenvalue weighted by Crippen LogP contribution is 2.18. The predicted octanol–water partition coefficient (Wildman–Crippen LogP) is 2.24. The smallest absolute Gasteiger partial charge is 0.409 e. The van der Waals surface area contributed by atoms with Crippen LogP contribution in [-0.4, -0.2) is 85.8 Å². The summed E-state index contributed by atoms with van der Waals surface area (Å²) in [5, 5.41) is 15.9. The maximum Gasteiger partial charge on any atom is 0.409 e. The number of nitrogens with one attached hydrogen (secondary N) is 2. The van der Waals surface area contributed by atoms with Gasteiger partial charge in [0.25, 0.3) is 0 Å². The number of aromatic nitrogens is 4. The molecule has 1 atom stereocenters. The van der Waals surface area contributed by atoms with E-state index in [9.17, 15) is 9.59 Å². The molecule has 0 aliphatic carbocycles. The monoisotopic (exact) mass is 504 g/mol. The van der Waals surface area contributed by atoms with Gasteiger partial charge in [-0.2, -0.15) is 10.2 Å². The molecule has 1 fully saturated rings. The average Bonchev–Trinajstić information content (AvgIpc) is 3.36. The van der Waals surface area contributed by atoms with E-state index in [1.165, 1.54) is 0 Å². The first-order valence-corrected chi connectivity index (χ1v) is 12.4. The van der Waals surface area contributed by atoms with E-state index in [0.717, 1.165) is 35.7 Å². The second-order valence-electron chi connectivity index (χ2n) is 8.68. The Morgan fingerprint density at radius 3 is 2.46 bits per heavy atom. The van der Waals surface area contributed by atoms with Gasteiger partial charge in [-0.3, -0.25) is 14.2 Å². The summed E-state index contributed by atoms with van der Waals surface area (Å²) >= 11 is 5.44. The predicted molar refractivity (Wildman–Crippen MR) is 137 cm³/mol. The molecule has 12 heteroatoms. The summed E-state index contributed by atoms with van der Waals surface area (Å²) in [6.45, 7) is 13.3. The first-order chi connectivity index (χ1) is 16.7. The van der Waals surface area contributed by atoms with Gasteiger partial charge in [-0.15, -0.1) is 0 Å². The molecule has 3 rings (SSSR count). The van der Waals surface area contributed by atoms with Crippen molar-refractivity contribution < 1.29 is 14.3 Å². The highest BCUT2D eigenvalue weighted by atomic mass is 32.1. The van der Waals surface area contributed by atoms with Crippen molar-refractivity contribution in [2.75, 3.05) is 44.6 Å². The summed E-state index contributed by atoms with van der Waals surface area (Å²) in [7, 11) is 0. The molecular formula is C23H36N8O3S. The van der Waals surface area contributed by atoms with E-state index in [1.54, 1.807) is 27.6 Å². The molecule has 0 bridgehead atoms. The molecule has 1 unspecified atom stereocenters. The molecule has 0 saturated carbocycles. The maximum atomic E-state index is 13.0. The number of nitrogens with zero attached hydrogens (tertiary/aromatic N) is 6. The Morgan fingerprint density at radius 2 is 1.83 bits per heavy atom. The van der Waals surface area contributed by atoms with Crippen LogP contribution in [0.25, 0.3) is 0 Å². The van der Waals surface area contributed by atoms with Crippen LogP contribution in [0.3, 0.4) is 0 Å². The Kier molecular flexibility index (Phi) is 9.07. The van der Waals surface area contributed by atoms with Gasteiger partial charge in [-0.05, 0) is 59.3 Å². The molecule has 2 aromatic rings. The van der Waals surface area contributed by atoms with Crippen LogP contribution in [0.1, 0.15) is 43.4 Å². The van der Waals surface area contributed by atoms with Crippen molar-refractivity contribution >= 4 is 35.0 Å². The lowest BCUT2D eigenvalue weighted by Gasteiger charge is -2.35. The summed E-state index contributed by atoms with van der Waals surface area (Å²) in [4.78, 5) is 28.3. The summed E-state index contributed by atoms with van der Waals surface area (Å²) in [5.74, 6) is -0.0348. The van der Waals surface area contributed by atoms with Crippen molar-refractivity contribution in [3.05, 3.63) is 29.3 Å². The minimum atomic E-state index is -0.472. The number of aryl methyl sites for hydroxylation is 4. The van der Waals surface area contributed by atoms with E-state index < -0.39 is 6.04 Å². The first kappa shape index (κ1) is 26.5.